The number of hydroxylamine groups is 4. The van der Waals surface area contributed by atoms with Crippen molar-refractivity contribution in [2.75, 3.05) is 13.1 Å². The van der Waals surface area contributed by atoms with Crippen molar-refractivity contribution in [1.82, 2.24) is 20.8 Å². The lowest BCUT2D eigenvalue weighted by atomic mass is 10.00. The van der Waals surface area contributed by atoms with E-state index >= 15 is 0 Å². The van der Waals surface area contributed by atoms with Crippen LogP contribution in [-0.2, 0) is 38.2 Å². The van der Waals surface area contributed by atoms with Crippen LogP contribution >= 0.6 is 0 Å². The smallest absolute Gasteiger partial charge is 0.328 e. The second-order valence-corrected chi connectivity index (χ2v) is 13.5. The number of aliphatic carboxylic acids is 1. The van der Waals surface area contributed by atoms with Crippen molar-refractivity contribution >= 4 is 41.5 Å². The molecule has 6 N–H and O–H groups in total. The summed E-state index contributed by atoms with van der Waals surface area (Å²) in [5.74, 6) is -5.14. The first-order valence-electron chi connectivity index (χ1n) is 18.5. The van der Waals surface area contributed by atoms with Crippen LogP contribution in [0.1, 0.15) is 97.0 Å². The molecular weight excluding hydrogens is 706 g/mol. The summed E-state index contributed by atoms with van der Waals surface area (Å²) in [6.45, 7) is 4.96. The Balaban J connectivity index is 1.67. The van der Waals surface area contributed by atoms with Crippen molar-refractivity contribution in [3.8, 4) is 5.75 Å². The molecular formula is C37H53N5O12. The predicted molar refractivity (Wildman–Crippen MR) is 192 cm³/mol. The molecule has 17 nitrogen and oxygen atoms in total. The molecule has 1 aromatic carbocycles. The number of phenolic OH excluding ortho intramolecular Hbond substituents is 1. The monoisotopic (exact) mass is 759 g/mol. The number of unbranched alkanes of at least 4 members (excludes halogenated alkanes) is 3. The van der Waals surface area contributed by atoms with Crippen molar-refractivity contribution in [3.05, 3.63) is 42.0 Å². The van der Waals surface area contributed by atoms with Crippen LogP contribution in [0.4, 0.5) is 0 Å². The number of carboxylic acids is 1. The van der Waals surface area contributed by atoms with Crippen LogP contribution in [-0.4, -0.2) is 116 Å². The van der Waals surface area contributed by atoms with E-state index in [1.54, 1.807) is 45.0 Å². The van der Waals surface area contributed by atoms with E-state index in [0.29, 0.717) is 54.2 Å². The molecule has 1 saturated heterocycles. The normalized spacial score (nSPS) is 20.2. The molecule has 54 heavy (non-hydrogen) atoms. The molecule has 0 spiro atoms. The second-order valence-electron chi connectivity index (χ2n) is 13.5. The Kier molecular flexibility index (Phi) is 17.4. The van der Waals surface area contributed by atoms with Gasteiger partial charge in [-0.15, -0.1) is 0 Å². The Morgan fingerprint density at radius 1 is 1.13 bits per heavy atom. The van der Waals surface area contributed by atoms with Crippen LogP contribution in [0.2, 0.25) is 0 Å². The van der Waals surface area contributed by atoms with Gasteiger partial charge in [-0.25, -0.2) is 19.9 Å². The molecule has 0 bridgehead atoms. The highest BCUT2D eigenvalue weighted by Gasteiger charge is 2.38. The first kappa shape index (κ1) is 43.4. The highest BCUT2D eigenvalue weighted by molar-refractivity contribution is 6.01. The van der Waals surface area contributed by atoms with E-state index in [1.165, 1.54) is 12.1 Å². The molecule has 0 radical (unpaired) electrons. The molecule has 17 heteroatoms. The maximum Gasteiger partial charge on any atom is 0.328 e. The second kappa shape index (κ2) is 21.6. The van der Waals surface area contributed by atoms with Crippen molar-refractivity contribution in [2.24, 2.45) is 10.9 Å². The highest BCUT2D eigenvalue weighted by Crippen LogP contribution is 2.25. The Labute approximate surface area is 314 Å². The Morgan fingerprint density at radius 2 is 1.87 bits per heavy atom. The number of benzene rings is 1. The molecule has 2 aliphatic rings. The number of carbonyl (C=O) groups excluding carboxylic acids is 5. The van der Waals surface area contributed by atoms with Gasteiger partial charge in [0.15, 0.2) is 6.04 Å². The third-order valence-electron chi connectivity index (χ3n) is 9.26. The first-order valence-corrected chi connectivity index (χ1v) is 18.5. The number of aliphatic imine (C=N–C) groups is 1. The zero-order chi connectivity index (χ0) is 39.8. The van der Waals surface area contributed by atoms with E-state index < -0.39 is 71.8 Å². The molecule has 6 atom stereocenters. The van der Waals surface area contributed by atoms with Gasteiger partial charge in [0.05, 0.1) is 11.5 Å². The van der Waals surface area contributed by atoms with E-state index in [-0.39, 0.29) is 56.8 Å². The predicted octanol–water partition coefficient (Wildman–Crippen LogP) is 2.84. The molecule has 2 heterocycles. The number of hydrogen-bond acceptors (Lipinski definition) is 12. The third kappa shape index (κ3) is 13.1. The number of phenols is 1. The van der Waals surface area contributed by atoms with Crippen LogP contribution in [0.3, 0.4) is 0 Å². The largest absolute Gasteiger partial charge is 0.507 e. The molecule has 6 unspecified atom stereocenters. The third-order valence-corrected chi connectivity index (χ3v) is 9.26. The average molecular weight is 760 g/mol. The Morgan fingerprint density at radius 3 is 2.57 bits per heavy atom. The number of ether oxygens (including phenoxy) is 2. The number of amides is 4. The van der Waals surface area contributed by atoms with Crippen LogP contribution < -0.4 is 10.6 Å². The van der Waals surface area contributed by atoms with Gasteiger partial charge in [0.1, 0.15) is 30.0 Å². The standard InChI is InChI=1S/C37H53N5O12/c1-4-29(23(2)33(47)38-26-16-11-14-22-42(52)36(26)49)54-37(50)27(17-12-13-21-41(51)30(44)19-7-5-6-8-20-31(45)46)39-34(48)32-24(3)53-35(40-32)25-15-9-10-18-28(25)43/h7,9-10,15,18-19,23-24,26-27,29,32,43,51-52H,4-6,8,11-14,16-17,20-22H2,1-3H3,(H,38,47)(H,39,48)(H,45,46)/b19-7-. The van der Waals surface area contributed by atoms with E-state index in [0.717, 1.165) is 0 Å². The number of rotatable bonds is 20. The minimum absolute atomic E-state index is 0.0310. The molecule has 0 saturated carbocycles. The summed E-state index contributed by atoms with van der Waals surface area (Å²) in [6, 6.07) is 3.11. The fourth-order valence-electron chi connectivity index (χ4n) is 6.00. The summed E-state index contributed by atoms with van der Waals surface area (Å²) in [6.07, 6.45) is 4.89. The first-order chi connectivity index (χ1) is 25.7. The number of hydrogen-bond donors (Lipinski definition) is 6. The Hall–Kier alpha value is -5.03. The van der Waals surface area contributed by atoms with Crippen molar-refractivity contribution in [2.45, 2.75) is 122 Å². The summed E-state index contributed by atoms with van der Waals surface area (Å²) < 4.78 is 11.6. The van der Waals surface area contributed by atoms with Gasteiger partial charge in [0.25, 0.3) is 11.8 Å². The number of nitrogens with one attached hydrogen (secondary N) is 2. The van der Waals surface area contributed by atoms with Crippen LogP contribution in [0.15, 0.2) is 41.4 Å². The highest BCUT2D eigenvalue weighted by atomic mass is 16.5. The van der Waals surface area contributed by atoms with Gasteiger partial charge in [0.2, 0.25) is 17.7 Å². The lowest BCUT2D eigenvalue weighted by Gasteiger charge is -2.27. The van der Waals surface area contributed by atoms with Crippen LogP contribution in [0, 0.1) is 5.92 Å². The van der Waals surface area contributed by atoms with E-state index in [9.17, 15) is 44.3 Å². The summed E-state index contributed by atoms with van der Waals surface area (Å²) in [5, 5.41) is 45.6. The molecule has 298 valence electrons. The number of nitrogens with zero attached hydrogens (tertiary/aromatic N) is 3. The summed E-state index contributed by atoms with van der Waals surface area (Å²) >= 11 is 0. The van der Waals surface area contributed by atoms with Crippen LogP contribution in [0.5, 0.6) is 5.75 Å². The number of para-hydroxylation sites is 1. The van der Waals surface area contributed by atoms with Crippen molar-refractivity contribution in [1.29, 1.82) is 0 Å². The number of carbonyl (C=O) groups is 6. The van der Waals surface area contributed by atoms with E-state index in [1.807, 2.05) is 0 Å². The summed E-state index contributed by atoms with van der Waals surface area (Å²) in [7, 11) is 0. The quantitative estimate of drug-likeness (QED) is 0.0370. The fourth-order valence-corrected chi connectivity index (χ4v) is 6.00. The topological polar surface area (TPSA) is 245 Å². The van der Waals surface area contributed by atoms with Gasteiger partial charge in [-0.1, -0.05) is 32.1 Å². The fraction of sp³-hybridized carbons (Fsp3) is 0.595. The molecule has 1 aromatic rings. The van der Waals surface area contributed by atoms with Gasteiger partial charge in [-0.05, 0) is 83.3 Å². The zero-order valence-electron chi connectivity index (χ0n) is 31.0. The summed E-state index contributed by atoms with van der Waals surface area (Å²) in [4.78, 5) is 80.2. The number of allylic oxidation sites excluding steroid dienone is 1. The van der Waals surface area contributed by atoms with E-state index in [2.05, 4.69) is 15.6 Å². The zero-order valence-corrected chi connectivity index (χ0v) is 31.0. The molecule has 2 aliphatic heterocycles. The molecule has 3 rings (SSSR count). The van der Waals surface area contributed by atoms with Gasteiger partial charge >= 0.3 is 11.9 Å². The number of aromatic hydroxyl groups is 1. The lowest BCUT2D eigenvalue weighted by molar-refractivity contribution is -0.167. The van der Waals surface area contributed by atoms with Gasteiger partial charge in [-0.3, -0.25) is 34.4 Å². The molecule has 4 amide bonds. The molecule has 0 aromatic heterocycles. The number of carboxylic acid groups (broad SMARTS) is 1. The lowest BCUT2D eigenvalue weighted by Crippen LogP contribution is -2.51. The SMILES string of the molecule is CCC(OC(=O)C(CCCCN(O)C(=O)/C=C\CCCCC(=O)O)NC(=O)C1N=C(c2ccccc2O)OC1C)C(C)C(=O)NC1CCCCN(O)C1=O. The van der Waals surface area contributed by atoms with Crippen molar-refractivity contribution < 1.29 is 58.9 Å². The molecule has 0 aliphatic carbocycles. The number of esters is 1. The minimum Gasteiger partial charge on any atom is -0.507 e. The maximum absolute atomic E-state index is 13.7. The summed E-state index contributed by atoms with van der Waals surface area (Å²) in [5.41, 5.74) is 0.294. The van der Waals surface area contributed by atoms with Gasteiger partial charge < -0.3 is 30.3 Å². The average Bonchev–Trinajstić information content (AvgIpc) is 3.46. The Bertz CT molecular complexity index is 1530. The van der Waals surface area contributed by atoms with Gasteiger partial charge in [-0.2, -0.15) is 0 Å². The molecule has 1 fully saturated rings. The minimum atomic E-state index is -1.22. The van der Waals surface area contributed by atoms with Gasteiger partial charge in [0, 0.05) is 25.6 Å². The van der Waals surface area contributed by atoms with E-state index in [4.69, 9.17) is 14.6 Å². The maximum atomic E-state index is 13.7. The van der Waals surface area contributed by atoms with Crippen molar-refractivity contribution in [3.63, 3.8) is 0 Å². The van der Waals surface area contributed by atoms with Crippen LogP contribution in [0.25, 0.3) is 0 Å².